The van der Waals surface area contributed by atoms with Crippen LogP contribution in [0.4, 0.5) is 0 Å². The number of nitrogens with zero attached hydrogens (tertiary/aromatic N) is 1. The van der Waals surface area contributed by atoms with Gasteiger partial charge in [-0.2, -0.15) is 0 Å². The molecule has 2 aromatic rings. The lowest BCUT2D eigenvalue weighted by Gasteiger charge is -2.09. The van der Waals surface area contributed by atoms with E-state index in [0.29, 0.717) is 25.3 Å². The molecule has 1 aromatic heterocycles. The Morgan fingerprint density at radius 3 is 2.88 bits per heavy atom. The first kappa shape index (κ1) is 17.7. The molecule has 0 radical (unpaired) electrons. The lowest BCUT2D eigenvalue weighted by Crippen LogP contribution is -2.29. The van der Waals surface area contributed by atoms with Gasteiger partial charge in [0.1, 0.15) is 0 Å². The van der Waals surface area contributed by atoms with Gasteiger partial charge in [0.05, 0.1) is 12.2 Å². The van der Waals surface area contributed by atoms with Gasteiger partial charge in [-0.25, -0.2) is 0 Å². The summed E-state index contributed by atoms with van der Waals surface area (Å²) in [5, 5.41) is 3.75. The Labute approximate surface area is 151 Å². The molecule has 1 aliphatic carbocycles. The molecule has 2 atom stereocenters. The summed E-state index contributed by atoms with van der Waals surface area (Å²) in [6, 6.07) is 10.8. The molecule has 3 rings (SSSR count). The van der Waals surface area contributed by atoms with Crippen molar-refractivity contribution in [3.63, 3.8) is 0 Å². The topological polar surface area (TPSA) is 60.3 Å². The van der Waals surface area contributed by atoms with E-state index in [1.165, 1.54) is 10.6 Å². The van der Waals surface area contributed by atoms with Crippen LogP contribution in [0, 0.1) is 0 Å². The van der Waals surface area contributed by atoms with Crippen LogP contribution in [-0.4, -0.2) is 29.7 Å². The first-order valence-electron chi connectivity index (χ1n) is 8.43. The van der Waals surface area contributed by atoms with Gasteiger partial charge in [0, 0.05) is 42.4 Å². The maximum Gasteiger partial charge on any atom is 0.253 e. The van der Waals surface area contributed by atoms with Crippen molar-refractivity contribution in [1.29, 1.82) is 0 Å². The zero-order valence-corrected chi connectivity index (χ0v) is 14.8. The lowest BCUT2D eigenvalue weighted by atomic mass is 10.1. The van der Waals surface area contributed by atoms with Crippen LogP contribution in [0.15, 0.2) is 47.4 Å². The smallest absolute Gasteiger partial charge is 0.253 e. The van der Waals surface area contributed by atoms with Crippen molar-refractivity contribution < 1.29 is 9.53 Å². The van der Waals surface area contributed by atoms with Crippen LogP contribution in [0.2, 0.25) is 5.02 Å². The van der Waals surface area contributed by atoms with Gasteiger partial charge in [-0.15, -0.1) is 0 Å². The highest BCUT2D eigenvalue weighted by Gasteiger charge is 2.40. The number of amides is 1. The Morgan fingerprint density at radius 2 is 2.12 bits per heavy atom. The summed E-state index contributed by atoms with van der Waals surface area (Å²) in [4.78, 5) is 24.3. The SMILES string of the molecule is CCOCCn1cc(C(=O)N[C@H]2C[C@@H]2c2ccccc2Cl)ccc1=O. The number of hydrogen-bond donors (Lipinski definition) is 1. The average molecular weight is 361 g/mol. The van der Waals surface area contributed by atoms with E-state index in [1.807, 2.05) is 31.2 Å². The van der Waals surface area contributed by atoms with Gasteiger partial charge in [-0.1, -0.05) is 29.8 Å². The quantitative estimate of drug-likeness (QED) is 0.772. The molecule has 0 bridgehead atoms. The fourth-order valence-corrected chi connectivity index (χ4v) is 3.15. The Balaban J connectivity index is 1.63. The maximum atomic E-state index is 12.5. The predicted molar refractivity (Wildman–Crippen MR) is 97.3 cm³/mol. The molecule has 1 aliphatic rings. The number of nitrogens with one attached hydrogen (secondary N) is 1. The molecule has 1 aromatic carbocycles. The molecule has 1 N–H and O–H groups in total. The van der Waals surface area contributed by atoms with E-state index in [4.69, 9.17) is 16.3 Å². The van der Waals surface area contributed by atoms with E-state index in [0.717, 1.165) is 17.0 Å². The summed E-state index contributed by atoms with van der Waals surface area (Å²) in [6.07, 6.45) is 2.46. The van der Waals surface area contributed by atoms with E-state index < -0.39 is 0 Å². The summed E-state index contributed by atoms with van der Waals surface area (Å²) in [5.74, 6) is 0.0752. The molecule has 1 saturated carbocycles. The van der Waals surface area contributed by atoms with Gasteiger partial charge in [0.15, 0.2) is 0 Å². The van der Waals surface area contributed by atoms with Gasteiger partial charge >= 0.3 is 0 Å². The summed E-state index contributed by atoms with van der Waals surface area (Å²) < 4.78 is 6.77. The molecule has 0 unspecified atom stereocenters. The third-order valence-corrected chi connectivity index (χ3v) is 4.68. The van der Waals surface area contributed by atoms with Crippen LogP contribution < -0.4 is 10.9 Å². The van der Waals surface area contributed by atoms with E-state index in [9.17, 15) is 9.59 Å². The third kappa shape index (κ3) is 4.30. The number of halogens is 1. The van der Waals surface area contributed by atoms with Crippen molar-refractivity contribution in [2.24, 2.45) is 0 Å². The number of ether oxygens (including phenoxy) is 1. The molecule has 0 spiro atoms. The van der Waals surface area contributed by atoms with Crippen LogP contribution in [0.5, 0.6) is 0 Å². The number of rotatable bonds is 7. The fourth-order valence-electron chi connectivity index (χ4n) is 2.87. The van der Waals surface area contributed by atoms with Gasteiger partial charge < -0.3 is 14.6 Å². The van der Waals surface area contributed by atoms with E-state index in [1.54, 1.807) is 12.3 Å². The number of aromatic nitrogens is 1. The Bertz CT molecular complexity index is 818. The first-order chi connectivity index (χ1) is 12.1. The molecule has 0 aliphatic heterocycles. The monoisotopic (exact) mass is 360 g/mol. The highest BCUT2D eigenvalue weighted by atomic mass is 35.5. The second-order valence-electron chi connectivity index (χ2n) is 6.09. The first-order valence-corrected chi connectivity index (χ1v) is 8.81. The van der Waals surface area contributed by atoms with Crippen LogP contribution in [0.1, 0.15) is 35.2 Å². The third-order valence-electron chi connectivity index (χ3n) is 4.34. The predicted octanol–water partition coefficient (Wildman–Crippen LogP) is 2.82. The van der Waals surface area contributed by atoms with Gasteiger partial charge in [-0.3, -0.25) is 9.59 Å². The zero-order chi connectivity index (χ0) is 17.8. The normalized spacial score (nSPS) is 18.8. The minimum atomic E-state index is -0.176. The van der Waals surface area contributed by atoms with Crippen LogP contribution in [0.3, 0.4) is 0 Å². The second-order valence-corrected chi connectivity index (χ2v) is 6.50. The molecule has 1 fully saturated rings. The molecule has 5 nitrogen and oxygen atoms in total. The average Bonchev–Trinajstić information content (AvgIpc) is 3.36. The van der Waals surface area contributed by atoms with E-state index in [-0.39, 0.29) is 23.4 Å². The number of hydrogen-bond acceptors (Lipinski definition) is 3. The van der Waals surface area contributed by atoms with Gasteiger partial charge in [0.25, 0.3) is 11.5 Å². The van der Waals surface area contributed by atoms with Crippen LogP contribution in [-0.2, 0) is 11.3 Å². The van der Waals surface area contributed by atoms with Gasteiger partial charge in [0.2, 0.25) is 0 Å². The number of carbonyl (C=O) groups excluding carboxylic acids is 1. The van der Waals surface area contributed by atoms with Crippen LogP contribution >= 0.6 is 11.6 Å². The lowest BCUT2D eigenvalue weighted by molar-refractivity contribution is 0.0948. The minimum Gasteiger partial charge on any atom is -0.380 e. The summed E-state index contributed by atoms with van der Waals surface area (Å²) >= 11 is 6.21. The highest BCUT2D eigenvalue weighted by molar-refractivity contribution is 6.31. The van der Waals surface area contributed by atoms with Crippen molar-refractivity contribution in [3.05, 3.63) is 69.1 Å². The largest absolute Gasteiger partial charge is 0.380 e. The van der Waals surface area contributed by atoms with Gasteiger partial charge in [-0.05, 0) is 31.0 Å². The second kappa shape index (κ2) is 7.85. The van der Waals surface area contributed by atoms with Crippen molar-refractivity contribution in [2.45, 2.75) is 31.8 Å². The molecule has 1 heterocycles. The van der Waals surface area contributed by atoms with Crippen molar-refractivity contribution >= 4 is 17.5 Å². The zero-order valence-electron chi connectivity index (χ0n) is 14.1. The number of benzene rings is 1. The Kier molecular flexibility index (Phi) is 5.56. The van der Waals surface area contributed by atoms with E-state index >= 15 is 0 Å². The molecule has 1 amide bonds. The van der Waals surface area contributed by atoms with Crippen LogP contribution in [0.25, 0.3) is 0 Å². The van der Waals surface area contributed by atoms with Crippen molar-refractivity contribution in [2.75, 3.05) is 13.2 Å². The maximum absolute atomic E-state index is 12.5. The molecule has 25 heavy (non-hydrogen) atoms. The molecule has 6 heteroatoms. The fraction of sp³-hybridized carbons (Fsp3) is 0.368. The summed E-state index contributed by atoms with van der Waals surface area (Å²) in [5.41, 5.74) is 1.40. The van der Waals surface area contributed by atoms with Crippen molar-refractivity contribution in [1.82, 2.24) is 9.88 Å². The molecule has 132 valence electrons. The van der Waals surface area contributed by atoms with E-state index in [2.05, 4.69) is 5.32 Å². The Hall–Kier alpha value is -2.11. The van der Waals surface area contributed by atoms with Crippen molar-refractivity contribution in [3.8, 4) is 0 Å². The standard InChI is InChI=1S/C19H21ClN2O3/c1-2-25-10-9-22-12-13(7-8-18(22)23)19(24)21-17-11-15(17)14-5-3-4-6-16(14)20/h3-8,12,15,17H,2,9-11H2,1H3,(H,21,24)/t15-,17+/m1/s1. The molecule has 0 saturated heterocycles. The summed E-state index contributed by atoms with van der Waals surface area (Å²) in [6.45, 7) is 3.37. The number of pyridine rings is 1. The Morgan fingerprint density at radius 1 is 1.32 bits per heavy atom. The minimum absolute atomic E-state index is 0.0798. The summed E-state index contributed by atoms with van der Waals surface area (Å²) in [7, 11) is 0. The highest BCUT2D eigenvalue weighted by Crippen LogP contribution is 2.43. The molecular weight excluding hydrogens is 340 g/mol. The molecular formula is C19H21ClN2O3. The number of carbonyl (C=O) groups is 1.